The van der Waals surface area contributed by atoms with Gasteiger partial charge in [0.2, 0.25) is 0 Å². The van der Waals surface area contributed by atoms with E-state index in [1.807, 2.05) is 43.4 Å². The minimum atomic E-state index is -0.310. The number of ether oxygens (including phenoxy) is 1. The Labute approximate surface area is 112 Å². The van der Waals surface area contributed by atoms with Crippen LogP contribution in [0.1, 0.15) is 15.9 Å². The zero-order valence-electron chi connectivity index (χ0n) is 11.3. The number of aryl methyl sites for hydroxylation is 1. The van der Waals surface area contributed by atoms with Crippen LogP contribution in [0, 0.1) is 0 Å². The van der Waals surface area contributed by atoms with Crippen LogP contribution in [0.3, 0.4) is 0 Å². The maximum Gasteiger partial charge on any atom is 0.338 e. The van der Waals surface area contributed by atoms with Gasteiger partial charge < -0.3 is 9.64 Å². The van der Waals surface area contributed by atoms with Crippen LogP contribution < -0.4 is 4.90 Å². The first-order valence-electron chi connectivity index (χ1n) is 5.98. The van der Waals surface area contributed by atoms with Gasteiger partial charge in [0, 0.05) is 26.8 Å². The van der Waals surface area contributed by atoms with Crippen LogP contribution in [0.2, 0.25) is 0 Å². The van der Waals surface area contributed by atoms with Gasteiger partial charge in [0.1, 0.15) is 0 Å². The lowest BCUT2D eigenvalue weighted by atomic mass is 10.1. The first-order chi connectivity index (χ1) is 9.11. The number of esters is 1. The number of anilines is 1. The van der Waals surface area contributed by atoms with Gasteiger partial charge in [-0.15, -0.1) is 0 Å². The number of aromatic nitrogens is 2. The summed E-state index contributed by atoms with van der Waals surface area (Å²) in [5.41, 5.74) is 2.53. The number of hydrogen-bond acceptors (Lipinski definition) is 4. The Morgan fingerprint density at radius 1 is 1.42 bits per heavy atom. The van der Waals surface area contributed by atoms with E-state index in [2.05, 4.69) is 5.10 Å². The highest BCUT2D eigenvalue weighted by atomic mass is 16.5. The molecule has 0 atom stereocenters. The van der Waals surface area contributed by atoms with Gasteiger partial charge in [-0.05, 0) is 11.6 Å². The first-order valence-corrected chi connectivity index (χ1v) is 5.98. The normalized spacial score (nSPS) is 10.3. The molecule has 100 valence electrons. The number of methoxy groups -OCH3 is 1. The molecule has 1 heterocycles. The van der Waals surface area contributed by atoms with Crippen LogP contribution in [0.15, 0.2) is 36.7 Å². The molecule has 0 radical (unpaired) electrons. The lowest BCUT2D eigenvalue weighted by Gasteiger charge is -2.18. The molecule has 0 saturated carbocycles. The average Bonchev–Trinajstić information content (AvgIpc) is 2.85. The molecule has 0 aliphatic heterocycles. The summed E-state index contributed by atoms with van der Waals surface area (Å²) in [6, 6.07) is 7.45. The van der Waals surface area contributed by atoms with Gasteiger partial charge in [-0.25, -0.2) is 4.79 Å². The SMILES string of the molecule is COC(=O)c1ccccc1CN(C)c1cnn(C)c1. The van der Waals surface area contributed by atoms with E-state index in [1.54, 1.807) is 16.9 Å². The van der Waals surface area contributed by atoms with Gasteiger partial charge in [0.15, 0.2) is 0 Å². The molecule has 5 heteroatoms. The standard InChI is InChI=1S/C14H17N3O2/c1-16(12-8-15-17(2)10-12)9-11-6-4-5-7-13(11)14(18)19-3/h4-8,10H,9H2,1-3H3. The van der Waals surface area contributed by atoms with E-state index in [-0.39, 0.29) is 5.97 Å². The predicted molar refractivity (Wildman–Crippen MR) is 73.1 cm³/mol. The highest BCUT2D eigenvalue weighted by Gasteiger charge is 2.13. The Kier molecular flexibility index (Phi) is 3.85. The number of carbonyl (C=O) groups excluding carboxylic acids is 1. The summed E-state index contributed by atoms with van der Waals surface area (Å²) in [5.74, 6) is -0.310. The molecule has 5 nitrogen and oxygen atoms in total. The van der Waals surface area contributed by atoms with Crippen molar-refractivity contribution in [2.75, 3.05) is 19.1 Å². The maximum atomic E-state index is 11.7. The van der Waals surface area contributed by atoms with Gasteiger partial charge in [0.25, 0.3) is 0 Å². The second kappa shape index (κ2) is 5.56. The molecule has 2 aromatic rings. The number of hydrogen-bond donors (Lipinski definition) is 0. The molecule has 0 amide bonds. The van der Waals surface area contributed by atoms with E-state index in [9.17, 15) is 4.79 Å². The van der Waals surface area contributed by atoms with Crippen molar-refractivity contribution < 1.29 is 9.53 Å². The minimum absolute atomic E-state index is 0.310. The van der Waals surface area contributed by atoms with Gasteiger partial charge in [-0.1, -0.05) is 18.2 Å². The summed E-state index contributed by atoms with van der Waals surface area (Å²) in [7, 11) is 5.23. The van der Waals surface area contributed by atoms with Crippen LogP contribution in [0.5, 0.6) is 0 Å². The maximum absolute atomic E-state index is 11.7. The molecule has 0 aliphatic carbocycles. The molecular weight excluding hydrogens is 242 g/mol. The Morgan fingerprint density at radius 3 is 2.79 bits per heavy atom. The fourth-order valence-corrected chi connectivity index (χ4v) is 1.92. The molecule has 0 saturated heterocycles. The molecule has 19 heavy (non-hydrogen) atoms. The molecule has 1 aromatic carbocycles. The summed E-state index contributed by atoms with van der Waals surface area (Å²) >= 11 is 0. The molecule has 0 unspecified atom stereocenters. The van der Waals surface area contributed by atoms with Crippen molar-refractivity contribution >= 4 is 11.7 Å². The van der Waals surface area contributed by atoms with E-state index >= 15 is 0 Å². The lowest BCUT2D eigenvalue weighted by Crippen LogP contribution is -2.18. The zero-order chi connectivity index (χ0) is 13.8. The largest absolute Gasteiger partial charge is 0.465 e. The Hall–Kier alpha value is -2.30. The third kappa shape index (κ3) is 2.93. The van der Waals surface area contributed by atoms with Crippen molar-refractivity contribution in [1.82, 2.24) is 9.78 Å². The summed E-state index contributed by atoms with van der Waals surface area (Å²) in [6.45, 7) is 0.622. The van der Waals surface area contributed by atoms with Crippen molar-refractivity contribution in [3.63, 3.8) is 0 Å². The fourth-order valence-electron chi connectivity index (χ4n) is 1.92. The second-order valence-corrected chi connectivity index (χ2v) is 4.38. The van der Waals surface area contributed by atoms with Gasteiger partial charge in [-0.2, -0.15) is 5.10 Å². The third-order valence-electron chi connectivity index (χ3n) is 2.96. The smallest absolute Gasteiger partial charge is 0.338 e. The predicted octanol–water partition coefficient (Wildman–Crippen LogP) is 1.84. The fraction of sp³-hybridized carbons (Fsp3) is 0.286. The van der Waals surface area contributed by atoms with Crippen LogP contribution in [-0.2, 0) is 18.3 Å². The molecule has 0 fully saturated rings. The van der Waals surface area contributed by atoms with Crippen molar-refractivity contribution in [3.8, 4) is 0 Å². The summed E-state index contributed by atoms with van der Waals surface area (Å²) in [6.07, 6.45) is 3.72. The molecule has 0 bridgehead atoms. The van der Waals surface area contributed by atoms with Crippen LogP contribution >= 0.6 is 0 Å². The third-order valence-corrected chi connectivity index (χ3v) is 2.96. The summed E-state index contributed by atoms with van der Waals surface area (Å²) < 4.78 is 6.54. The Morgan fingerprint density at radius 2 is 2.16 bits per heavy atom. The van der Waals surface area contributed by atoms with Crippen LogP contribution in [0.4, 0.5) is 5.69 Å². The summed E-state index contributed by atoms with van der Waals surface area (Å²) in [5, 5.41) is 4.14. The van der Waals surface area contributed by atoms with E-state index in [4.69, 9.17) is 4.74 Å². The van der Waals surface area contributed by atoms with E-state index in [1.165, 1.54) is 7.11 Å². The zero-order valence-corrected chi connectivity index (χ0v) is 11.3. The molecule has 1 aromatic heterocycles. The van der Waals surface area contributed by atoms with Crippen molar-refractivity contribution in [3.05, 3.63) is 47.8 Å². The number of benzene rings is 1. The van der Waals surface area contributed by atoms with E-state index in [0.717, 1.165) is 11.3 Å². The molecular formula is C14H17N3O2. The van der Waals surface area contributed by atoms with Crippen LogP contribution in [0.25, 0.3) is 0 Å². The van der Waals surface area contributed by atoms with Crippen LogP contribution in [-0.4, -0.2) is 29.9 Å². The minimum Gasteiger partial charge on any atom is -0.465 e. The van der Waals surface area contributed by atoms with Crippen molar-refractivity contribution in [1.29, 1.82) is 0 Å². The van der Waals surface area contributed by atoms with Crippen molar-refractivity contribution in [2.24, 2.45) is 7.05 Å². The quantitative estimate of drug-likeness (QED) is 0.786. The molecule has 0 N–H and O–H groups in total. The van der Waals surface area contributed by atoms with Gasteiger partial charge in [-0.3, -0.25) is 4.68 Å². The molecule has 2 rings (SSSR count). The molecule has 0 aliphatic rings. The number of carbonyl (C=O) groups is 1. The molecule has 0 spiro atoms. The highest BCUT2D eigenvalue weighted by Crippen LogP contribution is 2.17. The monoisotopic (exact) mass is 259 g/mol. The van der Waals surface area contributed by atoms with Gasteiger partial charge >= 0.3 is 5.97 Å². The average molecular weight is 259 g/mol. The second-order valence-electron chi connectivity index (χ2n) is 4.38. The highest BCUT2D eigenvalue weighted by molar-refractivity contribution is 5.91. The topological polar surface area (TPSA) is 47.4 Å². The van der Waals surface area contributed by atoms with Gasteiger partial charge in [0.05, 0.1) is 24.6 Å². The number of rotatable bonds is 4. The Balaban J connectivity index is 2.21. The van der Waals surface area contributed by atoms with E-state index in [0.29, 0.717) is 12.1 Å². The lowest BCUT2D eigenvalue weighted by molar-refractivity contribution is 0.0599. The Bertz CT molecular complexity index is 578. The first kappa shape index (κ1) is 13.1. The van der Waals surface area contributed by atoms with Crippen molar-refractivity contribution in [2.45, 2.75) is 6.54 Å². The summed E-state index contributed by atoms with van der Waals surface area (Å²) in [4.78, 5) is 13.7. The number of nitrogens with zero attached hydrogens (tertiary/aromatic N) is 3. The van der Waals surface area contributed by atoms with E-state index < -0.39 is 0 Å².